The lowest BCUT2D eigenvalue weighted by atomic mass is 10.3. The summed E-state index contributed by atoms with van der Waals surface area (Å²) in [6.07, 6.45) is 38.2. The van der Waals surface area contributed by atoms with Gasteiger partial charge in [0.2, 0.25) is 0 Å². The van der Waals surface area contributed by atoms with Crippen LogP contribution in [0.1, 0.15) is 13.3 Å². The van der Waals surface area contributed by atoms with Crippen LogP contribution in [0.4, 0.5) is 0 Å². The molecule has 0 aliphatic heterocycles. The third kappa shape index (κ3) is 17.4. The Balaban J connectivity index is 3.87. The molecule has 0 nitrogen and oxygen atoms in total. The van der Waals surface area contributed by atoms with Crippen LogP contribution in [0.3, 0.4) is 0 Å². The molecule has 0 aromatic carbocycles. The van der Waals surface area contributed by atoms with Crippen molar-refractivity contribution in [2.75, 3.05) is 0 Å². The minimum atomic E-state index is 1.07. The molecule has 0 unspecified atom stereocenters. The molecular weight excluding hydrogens is 264 g/mol. The second-order valence-electron chi connectivity index (χ2n) is 4.11. The summed E-state index contributed by atoms with van der Waals surface area (Å²) in [5, 5.41) is 0. The van der Waals surface area contributed by atoms with Gasteiger partial charge in [0.25, 0.3) is 0 Å². The van der Waals surface area contributed by atoms with Crippen molar-refractivity contribution < 1.29 is 0 Å². The van der Waals surface area contributed by atoms with Crippen LogP contribution in [0.15, 0.2) is 115 Å². The molecule has 0 saturated carbocycles. The molecule has 0 aliphatic rings. The molecule has 0 fully saturated rings. The van der Waals surface area contributed by atoms with E-state index in [1.165, 1.54) is 6.08 Å². The molecule has 0 spiro atoms. The third-order valence-electron chi connectivity index (χ3n) is 2.26. The SMILES string of the molecule is [CH]=CC=CC=CC=CC=CC=CC=CC=CC=CC=CCC. The van der Waals surface area contributed by atoms with Crippen LogP contribution >= 0.6 is 0 Å². The molecule has 1 radical (unpaired) electrons. The molecule has 0 N–H and O–H groups in total. The standard InChI is InChI=1S/C22H25/c1-3-5-7-9-11-13-15-17-19-21-22-20-18-16-14-12-10-8-6-4-2/h1,3,5-22H,4H2,2H3. The van der Waals surface area contributed by atoms with Crippen molar-refractivity contribution in [3.8, 4) is 0 Å². The van der Waals surface area contributed by atoms with Gasteiger partial charge in [-0.15, -0.1) is 0 Å². The van der Waals surface area contributed by atoms with E-state index < -0.39 is 0 Å². The number of hydrogen-bond acceptors (Lipinski definition) is 0. The van der Waals surface area contributed by atoms with Gasteiger partial charge in [-0.05, 0) is 6.42 Å². The largest absolute Gasteiger partial charge is 0.0848 e. The first-order valence-electron chi connectivity index (χ1n) is 7.45. The highest BCUT2D eigenvalue weighted by Crippen LogP contribution is 1.87. The van der Waals surface area contributed by atoms with Crippen LogP contribution in [0, 0.1) is 6.58 Å². The van der Waals surface area contributed by atoms with Gasteiger partial charge in [0.15, 0.2) is 0 Å². The van der Waals surface area contributed by atoms with Gasteiger partial charge in [-0.2, -0.15) is 0 Å². The molecule has 0 heterocycles. The molecular formula is C22H25. The first-order valence-corrected chi connectivity index (χ1v) is 7.45. The van der Waals surface area contributed by atoms with Crippen molar-refractivity contribution in [3.05, 3.63) is 122 Å². The summed E-state index contributed by atoms with van der Waals surface area (Å²) in [7, 11) is 0. The first kappa shape index (κ1) is 19.4. The summed E-state index contributed by atoms with van der Waals surface area (Å²) in [4.78, 5) is 0. The zero-order valence-electron chi connectivity index (χ0n) is 13.3. The predicted molar refractivity (Wildman–Crippen MR) is 101 cm³/mol. The molecule has 113 valence electrons. The maximum Gasteiger partial charge on any atom is -0.0376 e. The van der Waals surface area contributed by atoms with Crippen molar-refractivity contribution >= 4 is 0 Å². The Morgan fingerprint density at radius 1 is 0.455 bits per heavy atom. The second-order valence-corrected chi connectivity index (χ2v) is 4.11. The van der Waals surface area contributed by atoms with Crippen LogP contribution < -0.4 is 0 Å². The van der Waals surface area contributed by atoms with E-state index in [4.69, 9.17) is 6.58 Å². The Kier molecular flexibility index (Phi) is 16.2. The van der Waals surface area contributed by atoms with E-state index in [0.717, 1.165) is 6.42 Å². The van der Waals surface area contributed by atoms with Gasteiger partial charge in [0.1, 0.15) is 0 Å². The van der Waals surface area contributed by atoms with Gasteiger partial charge in [-0.1, -0.05) is 129 Å². The minimum absolute atomic E-state index is 1.07. The first-order chi connectivity index (χ1) is 10.9. The smallest absolute Gasteiger partial charge is 0.0376 e. The fraction of sp³-hybridized carbons (Fsp3) is 0.0909. The van der Waals surface area contributed by atoms with Gasteiger partial charge < -0.3 is 0 Å². The summed E-state index contributed by atoms with van der Waals surface area (Å²) in [5.41, 5.74) is 0. The Morgan fingerprint density at radius 2 is 0.727 bits per heavy atom. The Morgan fingerprint density at radius 3 is 1.00 bits per heavy atom. The van der Waals surface area contributed by atoms with E-state index in [1.54, 1.807) is 6.08 Å². The lowest BCUT2D eigenvalue weighted by Crippen LogP contribution is -1.54. The maximum atomic E-state index is 5.20. The highest BCUT2D eigenvalue weighted by molar-refractivity contribution is 5.22. The van der Waals surface area contributed by atoms with E-state index in [0.29, 0.717) is 0 Å². The Bertz CT molecular complexity index is 512. The second kappa shape index (κ2) is 18.4. The molecule has 0 heteroatoms. The lowest BCUT2D eigenvalue weighted by molar-refractivity contribution is 1.22. The molecule has 22 heavy (non-hydrogen) atoms. The van der Waals surface area contributed by atoms with Gasteiger partial charge in [0, 0.05) is 0 Å². The third-order valence-corrected chi connectivity index (χ3v) is 2.26. The van der Waals surface area contributed by atoms with E-state index in [9.17, 15) is 0 Å². The summed E-state index contributed by atoms with van der Waals surface area (Å²) in [5.74, 6) is 0. The monoisotopic (exact) mass is 289 g/mol. The van der Waals surface area contributed by atoms with E-state index in [1.807, 2.05) is 91.1 Å². The average molecular weight is 289 g/mol. The van der Waals surface area contributed by atoms with Gasteiger partial charge in [-0.3, -0.25) is 0 Å². The van der Waals surface area contributed by atoms with E-state index in [2.05, 4.69) is 19.1 Å². The van der Waals surface area contributed by atoms with Crippen LogP contribution in [-0.4, -0.2) is 0 Å². The van der Waals surface area contributed by atoms with E-state index >= 15 is 0 Å². The van der Waals surface area contributed by atoms with Crippen LogP contribution in [0.2, 0.25) is 0 Å². The van der Waals surface area contributed by atoms with Crippen LogP contribution in [0.25, 0.3) is 0 Å². The number of hydrogen-bond donors (Lipinski definition) is 0. The summed E-state index contributed by atoms with van der Waals surface area (Å²) < 4.78 is 0. The summed E-state index contributed by atoms with van der Waals surface area (Å²) in [6, 6.07) is 0. The molecule has 0 bridgehead atoms. The fourth-order valence-corrected chi connectivity index (χ4v) is 1.24. The molecule has 0 amide bonds. The Hall–Kier alpha value is -2.60. The van der Waals surface area contributed by atoms with Crippen LogP contribution in [0.5, 0.6) is 0 Å². The number of rotatable bonds is 10. The highest BCUT2D eigenvalue weighted by Gasteiger charge is 1.65. The molecule has 0 aliphatic carbocycles. The molecule has 0 atom stereocenters. The Labute approximate surface area is 136 Å². The molecule has 0 aromatic heterocycles. The average Bonchev–Trinajstić information content (AvgIpc) is 2.54. The van der Waals surface area contributed by atoms with Crippen LogP contribution in [-0.2, 0) is 0 Å². The zero-order valence-corrected chi connectivity index (χ0v) is 13.3. The highest BCUT2D eigenvalue weighted by atomic mass is 13.7. The van der Waals surface area contributed by atoms with Crippen molar-refractivity contribution in [2.45, 2.75) is 13.3 Å². The summed E-state index contributed by atoms with van der Waals surface area (Å²) in [6.45, 7) is 7.32. The predicted octanol–water partition coefficient (Wildman–Crippen LogP) is 6.39. The topological polar surface area (TPSA) is 0 Å². The van der Waals surface area contributed by atoms with E-state index in [-0.39, 0.29) is 0 Å². The lowest BCUT2D eigenvalue weighted by Gasteiger charge is -1.76. The van der Waals surface area contributed by atoms with Crippen molar-refractivity contribution in [3.63, 3.8) is 0 Å². The van der Waals surface area contributed by atoms with Gasteiger partial charge >= 0.3 is 0 Å². The van der Waals surface area contributed by atoms with Gasteiger partial charge in [-0.25, -0.2) is 0 Å². The number of allylic oxidation sites excluding steroid dienone is 19. The molecule has 0 aromatic rings. The van der Waals surface area contributed by atoms with Crippen molar-refractivity contribution in [2.24, 2.45) is 0 Å². The maximum absolute atomic E-state index is 5.20. The molecule has 0 saturated heterocycles. The zero-order chi connectivity index (χ0) is 16.1. The van der Waals surface area contributed by atoms with Crippen molar-refractivity contribution in [1.82, 2.24) is 0 Å². The van der Waals surface area contributed by atoms with Crippen molar-refractivity contribution in [1.29, 1.82) is 0 Å². The molecule has 0 rings (SSSR count). The summed E-state index contributed by atoms with van der Waals surface area (Å²) >= 11 is 0. The quantitative estimate of drug-likeness (QED) is 0.409. The van der Waals surface area contributed by atoms with Gasteiger partial charge in [0.05, 0.1) is 0 Å². The fourth-order valence-electron chi connectivity index (χ4n) is 1.24. The minimum Gasteiger partial charge on any atom is -0.0848 e. The normalized spacial score (nSPS) is 14.2.